The van der Waals surface area contributed by atoms with Gasteiger partial charge in [0, 0.05) is 29.6 Å². The smallest absolute Gasteiger partial charge is 0.247 e. The molecule has 0 radical (unpaired) electrons. The Labute approximate surface area is 209 Å². The predicted molar refractivity (Wildman–Crippen MR) is 133 cm³/mol. The maximum Gasteiger partial charge on any atom is 0.247 e. The second-order valence-corrected chi connectivity index (χ2v) is 9.49. The maximum absolute atomic E-state index is 13.5. The normalized spacial score (nSPS) is 12.0. The number of carbonyl (C=O) groups excluding carboxylic acids is 3. The number of pyridine rings is 1. The molecule has 2 aromatic heterocycles. The van der Waals surface area contributed by atoms with Crippen LogP contribution in [0.4, 0.5) is 5.82 Å². The number of anilines is 1. The van der Waals surface area contributed by atoms with Crippen LogP contribution in [0.15, 0.2) is 71.5 Å². The molecule has 1 aromatic carbocycles. The first-order valence-electron chi connectivity index (χ1n) is 11.2. The van der Waals surface area contributed by atoms with Gasteiger partial charge >= 0.3 is 0 Å². The summed E-state index contributed by atoms with van der Waals surface area (Å²) in [4.78, 5) is 44.8. The quantitative estimate of drug-likeness (QED) is 0.445. The van der Waals surface area contributed by atoms with Crippen molar-refractivity contribution in [3.8, 4) is 0 Å². The minimum absolute atomic E-state index is 0.0541. The van der Waals surface area contributed by atoms with Crippen molar-refractivity contribution >= 4 is 35.1 Å². The Hall–Kier alpha value is -3.65. The Kier molecular flexibility index (Phi) is 8.65. The summed E-state index contributed by atoms with van der Waals surface area (Å²) < 4.78 is 5.47. The zero-order chi connectivity index (χ0) is 25.4. The van der Waals surface area contributed by atoms with E-state index in [2.05, 4.69) is 15.6 Å². The zero-order valence-electron chi connectivity index (χ0n) is 20.0. The van der Waals surface area contributed by atoms with Gasteiger partial charge in [0.1, 0.15) is 17.6 Å². The third-order valence-electron chi connectivity index (χ3n) is 4.97. The van der Waals surface area contributed by atoms with Crippen LogP contribution in [-0.2, 0) is 20.9 Å². The molecule has 0 aliphatic heterocycles. The van der Waals surface area contributed by atoms with Crippen molar-refractivity contribution in [2.24, 2.45) is 0 Å². The number of halogens is 1. The second kappa shape index (κ2) is 11.7. The van der Waals surface area contributed by atoms with Gasteiger partial charge in [0.2, 0.25) is 17.7 Å². The fourth-order valence-electron chi connectivity index (χ4n) is 3.46. The summed E-state index contributed by atoms with van der Waals surface area (Å²) in [6.07, 6.45) is 2.89. The third kappa shape index (κ3) is 7.96. The lowest BCUT2D eigenvalue weighted by molar-refractivity contribution is -0.143. The molecule has 0 spiro atoms. The number of nitrogens with zero attached hydrogens (tertiary/aromatic N) is 2. The third-order valence-corrected chi connectivity index (χ3v) is 5.22. The molecular formula is C26H29ClN4O4. The van der Waals surface area contributed by atoms with Crippen molar-refractivity contribution in [2.75, 3.05) is 5.32 Å². The monoisotopic (exact) mass is 496 g/mol. The molecule has 2 heterocycles. The van der Waals surface area contributed by atoms with E-state index in [0.717, 1.165) is 0 Å². The van der Waals surface area contributed by atoms with Crippen LogP contribution in [0, 0.1) is 0 Å². The van der Waals surface area contributed by atoms with Gasteiger partial charge in [-0.05, 0) is 62.7 Å². The highest BCUT2D eigenvalue weighted by molar-refractivity contribution is 6.30. The van der Waals surface area contributed by atoms with Crippen LogP contribution >= 0.6 is 11.6 Å². The molecule has 3 aromatic rings. The molecule has 0 aliphatic rings. The summed E-state index contributed by atoms with van der Waals surface area (Å²) in [5.41, 5.74) is 0.0676. The number of aromatic nitrogens is 1. The van der Waals surface area contributed by atoms with E-state index in [1.165, 1.54) is 11.2 Å². The minimum atomic E-state index is -0.956. The summed E-state index contributed by atoms with van der Waals surface area (Å²) in [6.45, 7) is 5.65. The fourth-order valence-corrected chi connectivity index (χ4v) is 3.58. The summed E-state index contributed by atoms with van der Waals surface area (Å²) in [7, 11) is 0. The number of benzene rings is 1. The van der Waals surface area contributed by atoms with Crippen molar-refractivity contribution in [3.05, 3.63) is 83.4 Å². The highest BCUT2D eigenvalue weighted by Gasteiger charge is 2.34. The Balaban J connectivity index is 1.86. The predicted octanol–water partition coefficient (Wildman–Crippen LogP) is 4.73. The molecule has 0 saturated heterocycles. The van der Waals surface area contributed by atoms with Crippen molar-refractivity contribution in [1.82, 2.24) is 15.2 Å². The number of furan rings is 1. The van der Waals surface area contributed by atoms with Crippen LogP contribution in [0.25, 0.3) is 0 Å². The molecule has 0 bridgehead atoms. The van der Waals surface area contributed by atoms with Crippen molar-refractivity contribution in [2.45, 2.75) is 51.7 Å². The van der Waals surface area contributed by atoms with E-state index in [0.29, 0.717) is 22.2 Å². The van der Waals surface area contributed by atoms with Crippen LogP contribution in [0.5, 0.6) is 0 Å². The number of hydrogen-bond donors (Lipinski definition) is 2. The van der Waals surface area contributed by atoms with Gasteiger partial charge in [-0.15, -0.1) is 0 Å². The van der Waals surface area contributed by atoms with Crippen molar-refractivity contribution in [1.29, 1.82) is 0 Å². The number of hydrogen-bond acceptors (Lipinski definition) is 5. The molecule has 2 N–H and O–H groups in total. The van der Waals surface area contributed by atoms with E-state index in [4.69, 9.17) is 16.0 Å². The van der Waals surface area contributed by atoms with Crippen LogP contribution in [-0.4, -0.2) is 33.1 Å². The van der Waals surface area contributed by atoms with Crippen LogP contribution in [0.2, 0.25) is 5.02 Å². The molecule has 8 nitrogen and oxygen atoms in total. The van der Waals surface area contributed by atoms with Gasteiger partial charge in [-0.2, -0.15) is 0 Å². The molecule has 0 aliphatic carbocycles. The molecule has 3 rings (SSSR count). The van der Waals surface area contributed by atoms with E-state index >= 15 is 0 Å². The summed E-state index contributed by atoms with van der Waals surface area (Å²) in [5.74, 6) is -0.156. The van der Waals surface area contributed by atoms with Gasteiger partial charge in [-0.3, -0.25) is 14.4 Å². The first-order chi connectivity index (χ1) is 16.6. The lowest BCUT2D eigenvalue weighted by atomic mass is 10.0. The number of carbonyl (C=O) groups is 3. The Morgan fingerprint density at radius 3 is 2.37 bits per heavy atom. The SMILES string of the molecule is CC(C)(C)NC(=O)C(c1ccc(Cl)cc1)N(Cc1ccco1)C(=O)CCC(=O)Nc1ccccn1. The first-order valence-corrected chi connectivity index (χ1v) is 11.6. The second-order valence-electron chi connectivity index (χ2n) is 9.06. The maximum atomic E-state index is 13.5. The van der Waals surface area contributed by atoms with Gasteiger partial charge in [-0.25, -0.2) is 4.98 Å². The van der Waals surface area contributed by atoms with E-state index in [1.54, 1.807) is 60.8 Å². The highest BCUT2D eigenvalue weighted by atomic mass is 35.5. The van der Waals surface area contributed by atoms with Crippen LogP contribution < -0.4 is 10.6 Å². The molecule has 35 heavy (non-hydrogen) atoms. The Bertz CT molecular complexity index is 1130. The largest absolute Gasteiger partial charge is 0.467 e. The molecule has 3 amide bonds. The zero-order valence-corrected chi connectivity index (χ0v) is 20.7. The molecule has 9 heteroatoms. The molecule has 0 saturated carbocycles. The lowest BCUT2D eigenvalue weighted by Gasteiger charge is -2.33. The van der Waals surface area contributed by atoms with Gasteiger partial charge in [0.05, 0.1) is 12.8 Å². The Morgan fingerprint density at radius 1 is 1.03 bits per heavy atom. The van der Waals surface area contributed by atoms with E-state index < -0.39 is 11.6 Å². The summed E-state index contributed by atoms with van der Waals surface area (Å²) >= 11 is 6.07. The van der Waals surface area contributed by atoms with E-state index in [-0.39, 0.29) is 37.1 Å². The lowest BCUT2D eigenvalue weighted by Crippen LogP contribution is -2.49. The number of rotatable bonds is 9. The molecule has 0 fully saturated rings. The molecule has 1 unspecified atom stereocenters. The first kappa shape index (κ1) is 26.0. The van der Waals surface area contributed by atoms with Gasteiger partial charge in [0.15, 0.2) is 0 Å². The number of amides is 3. The van der Waals surface area contributed by atoms with Crippen LogP contribution in [0.1, 0.15) is 51.0 Å². The van der Waals surface area contributed by atoms with Crippen LogP contribution in [0.3, 0.4) is 0 Å². The fraction of sp³-hybridized carbons (Fsp3) is 0.308. The molecular weight excluding hydrogens is 468 g/mol. The molecule has 1 atom stereocenters. The topological polar surface area (TPSA) is 105 Å². The standard InChI is InChI=1S/C26H29ClN4O4/c1-26(2,3)30-25(34)24(18-9-11-19(27)12-10-18)31(17-20-7-6-16-35-20)23(33)14-13-22(32)29-21-8-4-5-15-28-21/h4-12,15-16,24H,13-14,17H2,1-3H3,(H,30,34)(H,28,29,32). The van der Waals surface area contributed by atoms with Crippen molar-refractivity contribution < 1.29 is 18.8 Å². The van der Waals surface area contributed by atoms with Crippen molar-refractivity contribution in [3.63, 3.8) is 0 Å². The highest BCUT2D eigenvalue weighted by Crippen LogP contribution is 2.27. The van der Waals surface area contributed by atoms with Gasteiger partial charge < -0.3 is 20.0 Å². The average molecular weight is 497 g/mol. The molecule has 184 valence electrons. The van der Waals surface area contributed by atoms with Gasteiger partial charge in [-0.1, -0.05) is 29.8 Å². The number of nitrogens with one attached hydrogen (secondary N) is 2. The van der Waals surface area contributed by atoms with E-state index in [1.807, 2.05) is 20.8 Å². The minimum Gasteiger partial charge on any atom is -0.467 e. The average Bonchev–Trinajstić information content (AvgIpc) is 3.31. The Morgan fingerprint density at radius 2 is 1.77 bits per heavy atom. The summed E-state index contributed by atoms with van der Waals surface area (Å²) in [6, 6.07) is 14.4. The van der Waals surface area contributed by atoms with Gasteiger partial charge in [0.25, 0.3) is 0 Å². The van der Waals surface area contributed by atoms with E-state index in [9.17, 15) is 14.4 Å². The summed E-state index contributed by atoms with van der Waals surface area (Å²) in [5, 5.41) is 6.14.